The zero-order valence-corrected chi connectivity index (χ0v) is 16.9. The van der Waals surface area contributed by atoms with Crippen molar-refractivity contribution in [2.45, 2.75) is 78.1 Å². The lowest BCUT2D eigenvalue weighted by molar-refractivity contribution is 0.118. The molecule has 0 spiro atoms. The average Bonchev–Trinajstić information content (AvgIpc) is 3.52. The van der Waals surface area contributed by atoms with Crippen LogP contribution in [0.15, 0.2) is 6.07 Å². The second-order valence-corrected chi connectivity index (χ2v) is 9.57. The second kappa shape index (κ2) is 8.09. The number of hydrogen-bond acceptors (Lipinski definition) is 1. The summed E-state index contributed by atoms with van der Waals surface area (Å²) in [7, 11) is 0. The van der Waals surface area contributed by atoms with Gasteiger partial charge in [0.05, 0.1) is 6.61 Å². The van der Waals surface area contributed by atoms with Gasteiger partial charge in [0, 0.05) is 0 Å². The van der Waals surface area contributed by atoms with E-state index >= 15 is 0 Å². The van der Waals surface area contributed by atoms with E-state index in [2.05, 4.69) is 0 Å². The maximum atomic E-state index is 14.2. The van der Waals surface area contributed by atoms with Gasteiger partial charge in [0.15, 0.2) is 11.6 Å². The molecule has 0 N–H and O–H groups in total. The number of hydrogen-bond donors (Lipinski definition) is 0. The Kier molecular flexibility index (Phi) is 5.75. The van der Waals surface area contributed by atoms with Crippen LogP contribution < -0.4 is 4.74 Å². The first-order valence-electron chi connectivity index (χ1n) is 11.1. The lowest BCUT2D eigenvalue weighted by Crippen LogP contribution is -2.28. The maximum Gasteiger partial charge on any atom is 0.201 e. The van der Waals surface area contributed by atoms with Crippen LogP contribution in [0.4, 0.5) is 8.78 Å². The molecular weight excluding hydrogens is 342 g/mol. The molecule has 3 aliphatic carbocycles. The highest BCUT2D eigenvalue weighted by atomic mass is 19.2. The lowest BCUT2D eigenvalue weighted by Gasteiger charge is -2.38. The van der Waals surface area contributed by atoms with Crippen molar-refractivity contribution in [2.24, 2.45) is 29.6 Å². The van der Waals surface area contributed by atoms with Crippen LogP contribution in [-0.2, 0) is 0 Å². The largest absolute Gasteiger partial charge is 0.490 e. The molecular formula is C24H34F2O. The van der Waals surface area contributed by atoms with Gasteiger partial charge in [-0.3, -0.25) is 0 Å². The normalized spacial score (nSPS) is 31.7. The quantitative estimate of drug-likeness (QED) is 0.538. The van der Waals surface area contributed by atoms with Crippen molar-refractivity contribution in [3.05, 3.63) is 28.8 Å². The fraction of sp³-hybridized carbons (Fsp3) is 0.750. The Morgan fingerprint density at radius 3 is 1.63 bits per heavy atom. The minimum absolute atomic E-state index is 0.110. The Morgan fingerprint density at radius 1 is 0.704 bits per heavy atom. The number of aryl methyl sites for hydroxylation is 2. The van der Waals surface area contributed by atoms with Crippen LogP contribution in [0.3, 0.4) is 0 Å². The third-order valence-corrected chi connectivity index (χ3v) is 7.66. The van der Waals surface area contributed by atoms with Gasteiger partial charge in [-0.25, -0.2) is 4.39 Å². The van der Waals surface area contributed by atoms with E-state index < -0.39 is 11.6 Å². The molecule has 0 heterocycles. The first kappa shape index (κ1) is 19.2. The summed E-state index contributed by atoms with van der Waals surface area (Å²) in [6.45, 7) is 3.90. The van der Waals surface area contributed by atoms with E-state index in [-0.39, 0.29) is 5.75 Å². The molecule has 4 rings (SSSR count). The number of halogens is 2. The van der Waals surface area contributed by atoms with E-state index in [0.29, 0.717) is 23.7 Å². The van der Waals surface area contributed by atoms with Crippen molar-refractivity contribution < 1.29 is 13.5 Å². The molecule has 3 saturated carbocycles. The van der Waals surface area contributed by atoms with Crippen LogP contribution in [0.25, 0.3) is 0 Å². The van der Waals surface area contributed by atoms with E-state index in [0.717, 1.165) is 23.7 Å². The standard InChI is InChI=1S/C24H34F2O/c1-15-13-16(2)24(23(26)22(15)25)27-14-17-3-5-18(6-4-17)19-7-9-20(10-8-19)21-11-12-21/h13,17-21H,3-12,14H2,1-2H3. The highest BCUT2D eigenvalue weighted by molar-refractivity contribution is 5.38. The monoisotopic (exact) mass is 376 g/mol. The number of ether oxygens (including phenoxy) is 1. The summed E-state index contributed by atoms with van der Waals surface area (Å²) in [6.07, 6.45) is 13.7. The molecule has 1 aromatic carbocycles. The Morgan fingerprint density at radius 2 is 1.15 bits per heavy atom. The predicted molar refractivity (Wildman–Crippen MR) is 105 cm³/mol. The third kappa shape index (κ3) is 4.32. The summed E-state index contributed by atoms with van der Waals surface area (Å²) in [6, 6.07) is 1.67. The Balaban J connectivity index is 1.24. The second-order valence-electron chi connectivity index (χ2n) is 9.57. The molecule has 3 fully saturated rings. The Bertz CT molecular complexity index is 651. The summed E-state index contributed by atoms with van der Waals surface area (Å²) in [5.74, 6) is 2.93. The average molecular weight is 377 g/mol. The fourth-order valence-electron chi connectivity index (χ4n) is 5.76. The molecule has 0 bridgehead atoms. The highest BCUT2D eigenvalue weighted by Crippen LogP contribution is 2.48. The zero-order valence-electron chi connectivity index (χ0n) is 16.9. The smallest absolute Gasteiger partial charge is 0.201 e. The summed E-state index contributed by atoms with van der Waals surface area (Å²) in [4.78, 5) is 0. The first-order valence-corrected chi connectivity index (χ1v) is 11.1. The minimum Gasteiger partial charge on any atom is -0.490 e. The molecule has 1 nitrogen and oxygen atoms in total. The van der Waals surface area contributed by atoms with Gasteiger partial charge in [-0.2, -0.15) is 4.39 Å². The molecule has 0 aromatic heterocycles. The molecule has 0 atom stereocenters. The topological polar surface area (TPSA) is 9.23 Å². The van der Waals surface area contributed by atoms with Crippen molar-refractivity contribution in [1.29, 1.82) is 0 Å². The summed E-state index contributed by atoms with van der Waals surface area (Å²) in [5.41, 5.74) is 1.03. The molecule has 150 valence electrons. The fourth-order valence-corrected chi connectivity index (χ4v) is 5.76. The van der Waals surface area contributed by atoms with E-state index in [1.54, 1.807) is 19.9 Å². The molecule has 3 heteroatoms. The number of rotatable bonds is 5. The van der Waals surface area contributed by atoms with E-state index in [4.69, 9.17) is 4.74 Å². The van der Waals surface area contributed by atoms with E-state index in [1.807, 2.05) is 0 Å². The van der Waals surface area contributed by atoms with Crippen LogP contribution >= 0.6 is 0 Å². The van der Waals surface area contributed by atoms with Crippen molar-refractivity contribution in [2.75, 3.05) is 6.61 Å². The van der Waals surface area contributed by atoms with Gasteiger partial charge in [0.2, 0.25) is 5.82 Å². The predicted octanol–water partition coefficient (Wildman–Crippen LogP) is 6.98. The first-order chi connectivity index (χ1) is 13.0. The molecule has 27 heavy (non-hydrogen) atoms. The molecule has 3 aliphatic rings. The van der Waals surface area contributed by atoms with Gasteiger partial charge < -0.3 is 4.74 Å². The van der Waals surface area contributed by atoms with Gasteiger partial charge in [0.25, 0.3) is 0 Å². The van der Waals surface area contributed by atoms with Crippen molar-refractivity contribution in [3.8, 4) is 5.75 Å². The van der Waals surface area contributed by atoms with Gasteiger partial charge >= 0.3 is 0 Å². The zero-order chi connectivity index (χ0) is 19.0. The van der Waals surface area contributed by atoms with Crippen LogP contribution in [0.1, 0.15) is 75.3 Å². The number of benzene rings is 1. The maximum absolute atomic E-state index is 14.2. The van der Waals surface area contributed by atoms with E-state index in [9.17, 15) is 8.78 Å². The van der Waals surface area contributed by atoms with Gasteiger partial charge in [-0.05, 0) is 125 Å². The van der Waals surface area contributed by atoms with Crippen LogP contribution in [-0.4, -0.2) is 6.61 Å². The molecule has 0 saturated heterocycles. The van der Waals surface area contributed by atoms with Gasteiger partial charge in [-0.1, -0.05) is 0 Å². The van der Waals surface area contributed by atoms with Crippen molar-refractivity contribution in [1.82, 2.24) is 0 Å². The Labute approximate surface area is 162 Å². The van der Waals surface area contributed by atoms with E-state index in [1.165, 1.54) is 64.2 Å². The summed E-state index contributed by atoms with van der Waals surface area (Å²) < 4.78 is 33.8. The molecule has 0 unspecified atom stereocenters. The SMILES string of the molecule is Cc1cc(C)c(OCC2CCC(C3CCC(C4CC4)CC3)CC2)c(F)c1F. The van der Waals surface area contributed by atoms with Crippen LogP contribution in [0.2, 0.25) is 0 Å². The van der Waals surface area contributed by atoms with Crippen molar-refractivity contribution >= 4 is 0 Å². The van der Waals surface area contributed by atoms with Crippen LogP contribution in [0, 0.1) is 55.1 Å². The Hall–Kier alpha value is -1.12. The highest BCUT2D eigenvalue weighted by Gasteiger charge is 2.36. The lowest BCUT2D eigenvalue weighted by atomic mass is 9.68. The third-order valence-electron chi connectivity index (χ3n) is 7.66. The minimum atomic E-state index is -0.825. The van der Waals surface area contributed by atoms with Crippen molar-refractivity contribution in [3.63, 3.8) is 0 Å². The molecule has 0 aliphatic heterocycles. The van der Waals surface area contributed by atoms with Gasteiger partial charge in [-0.15, -0.1) is 0 Å². The molecule has 0 amide bonds. The summed E-state index contributed by atoms with van der Waals surface area (Å²) >= 11 is 0. The van der Waals surface area contributed by atoms with Crippen LogP contribution in [0.5, 0.6) is 5.75 Å². The summed E-state index contributed by atoms with van der Waals surface area (Å²) in [5, 5.41) is 0. The molecule has 0 radical (unpaired) electrons. The van der Waals surface area contributed by atoms with Gasteiger partial charge in [0.1, 0.15) is 0 Å². The molecule has 1 aromatic rings.